The van der Waals surface area contributed by atoms with Crippen molar-refractivity contribution in [3.63, 3.8) is 0 Å². The normalized spacial score (nSPS) is 20.0. The van der Waals surface area contributed by atoms with Crippen LogP contribution in [-0.2, 0) is 4.74 Å². The van der Waals surface area contributed by atoms with E-state index in [1.54, 1.807) is 4.90 Å². The van der Waals surface area contributed by atoms with E-state index in [0.717, 1.165) is 6.07 Å². The van der Waals surface area contributed by atoms with Gasteiger partial charge in [-0.05, 0) is 19.1 Å². The second kappa shape index (κ2) is 5.43. The molecule has 1 aliphatic heterocycles. The molecule has 1 amide bonds. The van der Waals surface area contributed by atoms with Crippen LogP contribution < -0.4 is 0 Å². The molecule has 0 spiro atoms. The van der Waals surface area contributed by atoms with E-state index in [0.29, 0.717) is 19.7 Å². The molecule has 1 aliphatic rings. The molecule has 0 radical (unpaired) electrons. The van der Waals surface area contributed by atoms with Gasteiger partial charge < -0.3 is 9.64 Å². The van der Waals surface area contributed by atoms with Gasteiger partial charge in [0, 0.05) is 13.1 Å². The predicted octanol–water partition coefficient (Wildman–Crippen LogP) is 2.99. The van der Waals surface area contributed by atoms with Crippen LogP contribution in [0, 0.1) is 5.82 Å². The average molecular weight is 292 g/mol. The van der Waals surface area contributed by atoms with Crippen LogP contribution in [0.2, 0.25) is 10.0 Å². The quantitative estimate of drug-likeness (QED) is 0.745. The van der Waals surface area contributed by atoms with Gasteiger partial charge in [-0.25, -0.2) is 4.39 Å². The summed E-state index contributed by atoms with van der Waals surface area (Å²) in [5, 5.41) is 0.0671. The lowest BCUT2D eigenvalue weighted by molar-refractivity contribution is -0.0124. The zero-order chi connectivity index (χ0) is 13.3. The van der Waals surface area contributed by atoms with Gasteiger partial charge in [-0.1, -0.05) is 23.2 Å². The van der Waals surface area contributed by atoms with Crippen molar-refractivity contribution >= 4 is 29.1 Å². The van der Waals surface area contributed by atoms with E-state index in [2.05, 4.69) is 0 Å². The van der Waals surface area contributed by atoms with Crippen molar-refractivity contribution < 1.29 is 13.9 Å². The third-order valence-electron chi connectivity index (χ3n) is 2.77. The van der Waals surface area contributed by atoms with Gasteiger partial charge in [-0.2, -0.15) is 0 Å². The van der Waals surface area contributed by atoms with E-state index in [1.165, 1.54) is 6.07 Å². The van der Waals surface area contributed by atoms with Gasteiger partial charge in [0.25, 0.3) is 5.91 Å². The Morgan fingerprint density at radius 1 is 1.44 bits per heavy atom. The van der Waals surface area contributed by atoms with Crippen molar-refractivity contribution in [1.29, 1.82) is 0 Å². The van der Waals surface area contributed by atoms with Gasteiger partial charge in [0.1, 0.15) is 5.82 Å². The van der Waals surface area contributed by atoms with Crippen LogP contribution in [0.4, 0.5) is 4.39 Å². The van der Waals surface area contributed by atoms with E-state index < -0.39 is 5.82 Å². The molecular formula is C12H12Cl2FNO2. The SMILES string of the molecule is CC1CN(C(=O)c2cc(F)c(Cl)cc2Cl)CCO1. The Morgan fingerprint density at radius 3 is 2.83 bits per heavy atom. The Morgan fingerprint density at radius 2 is 2.17 bits per heavy atom. The number of carbonyl (C=O) groups excluding carboxylic acids is 1. The molecule has 0 N–H and O–H groups in total. The molecular weight excluding hydrogens is 280 g/mol. The second-order valence-corrected chi connectivity index (χ2v) is 4.99. The van der Waals surface area contributed by atoms with Crippen LogP contribution >= 0.6 is 23.2 Å². The van der Waals surface area contributed by atoms with E-state index in [4.69, 9.17) is 27.9 Å². The lowest BCUT2D eigenvalue weighted by Crippen LogP contribution is -2.44. The summed E-state index contributed by atoms with van der Waals surface area (Å²) in [7, 11) is 0. The summed E-state index contributed by atoms with van der Waals surface area (Å²) in [6.07, 6.45) is -0.0291. The minimum absolute atomic E-state index is 0.0291. The Bertz CT molecular complexity index is 481. The molecule has 0 bridgehead atoms. The van der Waals surface area contributed by atoms with Crippen molar-refractivity contribution in [2.75, 3.05) is 19.7 Å². The number of ether oxygens (including phenoxy) is 1. The number of hydrogen-bond acceptors (Lipinski definition) is 2. The van der Waals surface area contributed by atoms with Crippen molar-refractivity contribution in [1.82, 2.24) is 4.90 Å². The monoisotopic (exact) mass is 291 g/mol. The maximum Gasteiger partial charge on any atom is 0.255 e. The van der Waals surface area contributed by atoms with Crippen molar-refractivity contribution in [2.45, 2.75) is 13.0 Å². The highest BCUT2D eigenvalue weighted by Crippen LogP contribution is 2.25. The number of nitrogens with zero attached hydrogens (tertiary/aromatic N) is 1. The Kier molecular flexibility index (Phi) is 4.10. The third-order valence-corrected chi connectivity index (χ3v) is 3.37. The number of rotatable bonds is 1. The average Bonchev–Trinajstić information content (AvgIpc) is 2.33. The van der Waals surface area contributed by atoms with E-state index in [9.17, 15) is 9.18 Å². The summed E-state index contributed by atoms with van der Waals surface area (Å²) in [5.74, 6) is -0.948. The lowest BCUT2D eigenvalue weighted by atomic mass is 10.1. The van der Waals surface area contributed by atoms with Gasteiger partial charge in [0.2, 0.25) is 0 Å². The molecule has 0 aromatic heterocycles. The van der Waals surface area contributed by atoms with Crippen LogP contribution in [0.3, 0.4) is 0 Å². The number of morpholine rings is 1. The number of benzene rings is 1. The smallest absolute Gasteiger partial charge is 0.255 e. The Labute approximate surface area is 114 Å². The number of amides is 1. The zero-order valence-corrected chi connectivity index (χ0v) is 11.3. The first-order valence-corrected chi connectivity index (χ1v) is 6.30. The summed E-state index contributed by atoms with van der Waals surface area (Å²) in [6.45, 7) is 3.30. The summed E-state index contributed by atoms with van der Waals surface area (Å²) in [4.78, 5) is 13.8. The third kappa shape index (κ3) is 2.76. The minimum atomic E-state index is -0.647. The molecule has 6 heteroatoms. The molecule has 2 rings (SSSR count). The molecule has 0 saturated carbocycles. The van der Waals surface area contributed by atoms with Gasteiger partial charge in [0.15, 0.2) is 0 Å². The first kappa shape index (κ1) is 13.6. The maximum atomic E-state index is 13.4. The number of halogens is 3. The minimum Gasteiger partial charge on any atom is -0.375 e. The van der Waals surface area contributed by atoms with Crippen molar-refractivity contribution in [3.8, 4) is 0 Å². The summed E-state index contributed by atoms with van der Waals surface area (Å²) in [6, 6.07) is 2.32. The van der Waals surface area contributed by atoms with Crippen LogP contribution in [0.1, 0.15) is 17.3 Å². The fraction of sp³-hybridized carbons (Fsp3) is 0.417. The van der Waals surface area contributed by atoms with Gasteiger partial charge >= 0.3 is 0 Å². The second-order valence-electron chi connectivity index (χ2n) is 4.18. The molecule has 1 fully saturated rings. The topological polar surface area (TPSA) is 29.5 Å². The lowest BCUT2D eigenvalue weighted by Gasteiger charge is -2.31. The van der Waals surface area contributed by atoms with Crippen LogP contribution in [0.15, 0.2) is 12.1 Å². The van der Waals surface area contributed by atoms with E-state index in [1.807, 2.05) is 6.92 Å². The predicted molar refractivity (Wildman–Crippen MR) is 67.7 cm³/mol. The van der Waals surface area contributed by atoms with Crippen LogP contribution in [-0.4, -0.2) is 36.6 Å². The van der Waals surface area contributed by atoms with Crippen LogP contribution in [0.25, 0.3) is 0 Å². The largest absolute Gasteiger partial charge is 0.375 e. The van der Waals surface area contributed by atoms with Gasteiger partial charge in [-0.15, -0.1) is 0 Å². The highest BCUT2D eigenvalue weighted by atomic mass is 35.5. The van der Waals surface area contributed by atoms with Gasteiger partial charge in [-0.3, -0.25) is 4.79 Å². The maximum absolute atomic E-state index is 13.4. The molecule has 98 valence electrons. The number of carbonyl (C=O) groups is 1. The zero-order valence-electron chi connectivity index (χ0n) is 9.75. The molecule has 18 heavy (non-hydrogen) atoms. The first-order chi connectivity index (χ1) is 8.49. The molecule has 1 heterocycles. The van der Waals surface area contributed by atoms with E-state index in [-0.39, 0.29) is 27.6 Å². The number of hydrogen-bond donors (Lipinski definition) is 0. The standard InChI is InChI=1S/C12H12Cl2FNO2/c1-7-6-16(2-3-18-7)12(17)8-4-11(15)10(14)5-9(8)13/h4-5,7H,2-3,6H2,1H3. The fourth-order valence-corrected chi connectivity index (χ4v) is 2.32. The van der Waals surface area contributed by atoms with E-state index >= 15 is 0 Å². The highest BCUT2D eigenvalue weighted by Gasteiger charge is 2.24. The van der Waals surface area contributed by atoms with Crippen LogP contribution in [0.5, 0.6) is 0 Å². The molecule has 1 aromatic carbocycles. The Balaban J connectivity index is 2.25. The highest BCUT2D eigenvalue weighted by molar-refractivity contribution is 6.36. The summed E-state index contributed by atoms with van der Waals surface area (Å²) in [5.41, 5.74) is 0.132. The molecule has 1 unspecified atom stereocenters. The Hall–Kier alpha value is -0.840. The van der Waals surface area contributed by atoms with Crippen molar-refractivity contribution in [3.05, 3.63) is 33.6 Å². The molecule has 1 aromatic rings. The summed E-state index contributed by atoms with van der Waals surface area (Å²) >= 11 is 11.5. The van der Waals surface area contributed by atoms with Crippen molar-refractivity contribution in [2.24, 2.45) is 0 Å². The molecule has 3 nitrogen and oxygen atoms in total. The summed E-state index contributed by atoms with van der Waals surface area (Å²) < 4.78 is 18.7. The molecule has 1 atom stereocenters. The fourth-order valence-electron chi connectivity index (χ4n) is 1.86. The van der Waals surface area contributed by atoms with Gasteiger partial charge in [0.05, 0.1) is 28.3 Å². The molecule has 1 saturated heterocycles. The molecule has 0 aliphatic carbocycles. The first-order valence-electron chi connectivity index (χ1n) is 5.54.